The smallest absolute Gasteiger partial charge is 0.275 e. The maximum atomic E-state index is 13.6. The van der Waals surface area contributed by atoms with Crippen LogP contribution in [0.2, 0.25) is 0 Å². The summed E-state index contributed by atoms with van der Waals surface area (Å²) in [6, 6.07) is 8.10. The van der Waals surface area contributed by atoms with E-state index < -0.39 is 5.54 Å². The van der Waals surface area contributed by atoms with Crippen molar-refractivity contribution in [2.75, 3.05) is 19.6 Å². The molecule has 0 radical (unpaired) electrons. The van der Waals surface area contributed by atoms with Crippen molar-refractivity contribution in [2.45, 2.75) is 59.9 Å². The Labute approximate surface area is 205 Å². The summed E-state index contributed by atoms with van der Waals surface area (Å²) < 4.78 is 15.0. The SMILES string of the molecule is CC(C)c1cc(-c2ccc(F)cc2)nn2cc(C(=O)N3CCN(CC(C)(C)C)C(=O)C3(C)C)nc12. The predicted octanol–water partition coefficient (Wildman–Crippen LogP) is 4.77. The molecular formula is C27H34FN5O2. The molecule has 0 unspecified atom stereocenters. The Morgan fingerprint density at radius 1 is 1.14 bits per heavy atom. The molecule has 3 heterocycles. The average molecular weight is 480 g/mol. The fourth-order valence-electron chi connectivity index (χ4n) is 4.61. The number of imidazole rings is 1. The Hall–Kier alpha value is -3.29. The molecule has 2 amide bonds. The third-order valence-electron chi connectivity index (χ3n) is 6.42. The Morgan fingerprint density at radius 3 is 2.40 bits per heavy atom. The summed E-state index contributed by atoms with van der Waals surface area (Å²) in [7, 11) is 0. The molecule has 1 aliphatic heterocycles. The van der Waals surface area contributed by atoms with Crippen LogP contribution < -0.4 is 0 Å². The Bertz CT molecular complexity index is 1270. The highest BCUT2D eigenvalue weighted by Gasteiger charge is 2.45. The number of benzene rings is 1. The van der Waals surface area contributed by atoms with Gasteiger partial charge in [-0.1, -0.05) is 34.6 Å². The van der Waals surface area contributed by atoms with Crippen LogP contribution in [0, 0.1) is 11.2 Å². The molecule has 0 N–H and O–H groups in total. The Morgan fingerprint density at radius 2 is 1.80 bits per heavy atom. The molecule has 8 heteroatoms. The lowest BCUT2D eigenvalue weighted by atomic mass is 9.92. The van der Waals surface area contributed by atoms with Crippen LogP contribution >= 0.6 is 0 Å². The number of piperazine rings is 1. The van der Waals surface area contributed by atoms with Crippen LogP contribution in [0.5, 0.6) is 0 Å². The standard InChI is InChI=1S/C27H34FN5O2/c1-17(2)20-14-21(18-8-10-19(28)11-9-18)30-33-15-22(29-23(20)33)24(34)32-13-12-31(16-26(3,4)5)25(35)27(32,6)7/h8-11,14-15,17H,12-13,16H2,1-7H3. The monoisotopic (exact) mass is 479 g/mol. The van der Waals surface area contributed by atoms with Crippen molar-refractivity contribution >= 4 is 17.5 Å². The number of aromatic nitrogens is 3. The summed E-state index contributed by atoms with van der Waals surface area (Å²) in [5, 5.41) is 4.66. The van der Waals surface area contributed by atoms with E-state index in [0.29, 0.717) is 31.0 Å². The summed E-state index contributed by atoms with van der Waals surface area (Å²) in [5.74, 6) is -0.532. The third-order valence-corrected chi connectivity index (χ3v) is 6.42. The molecule has 0 atom stereocenters. The van der Waals surface area contributed by atoms with Crippen molar-refractivity contribution in [1.82, 2.24) is 24.4 Å². The molecule has 1 saturated heterocycles. The first-order chi connectivity index (χ1) is 16.3. The second kappa shape index (κ2) is 8.73. The van der Waals surface area contributed by atoms with E-state index in [1.807, 2.05) is 11.0 Å². The van der Waals surface area contributed by atoms with E-state index in [9.17, 15) is 14.0 Å². The summed E-state index contributed by atoms with van der Waals surface area (Å²) in [6.07, 6.45) is 1.62. The second-order valence-corrected chi connectivity index (χ2v) is 11.3. The van der Waals surface area contributed by atoms with Gasteiger partial charge in [-0.15, -0.1) is 0 Å². The van der Waals surface area contributed by atoms with Gasteiger partial charge in [0, 0.05) is 30.8 Å². The number of nitrogens with zero attached hydrogens (tertiary/aromatic N) is 5. The molecule has 2 aromatic heterocycles. The van der Waals surface area contributed by atoms with Gasteiger partial charge in [0.25, 0.3) is 5.91 Å². The van der Waals surface area contributed by atoms with Gasteiger partial charge in [0.15, 0.2) is 5.65 Å². The van der Waals surface area contributed by atoms with E-state index in [2.05, 4.69) is 44.7 Å². The number of hydrogen-bond acceptors (Lipinski definition) is 4. The first-order valence-electron chi connectivity index (χ1n) is 12.1. The van der Waals surface area contributed by atoms with Gasteiger partial charge >= 0.3 is 0 Å². The molecule has 0 saturated carbocycles. The number of amides is 2. The number of halogens is 1. The lowest BCUT2D eigenvalue weighted by Gasteiger charge is -2.47. The highest BCUT2D eigenvalue weighted by molar-refractivity contribution is 5.99. The molecule has 0 aliphatic carbocycles. The number of rotatable bonds is 4. The van der Waals surface area contributed by atoms with E-state index >= 15 is 0 Å². The maximum absolute atomic E-state index is 13.6. The first kappa shape index (κ1) is 24.8. The fourth-order valence-corrected chi connectivity index (χ4v) is 4.61. The number of carbonyl (C=O) groups is 2. The van der Waals surface area contributed by atoms with E-state index in [1.54, 1.807) is 41.6 Å². The predicted molar refractivity (Wildman–Crippen MR) is 134 cm³/mol. The number of carbonyl (C=O) groups excluding carboxylic acids is 2. The summed E-state index contributed by atoms with van der Waals surface area (Å²) >= 11 is 0. The van der Waals surface area contributed by atoms with Crippen molar-refractivity contribution in [3.8, 4) is 11.3 Å². The molecule has 3 aromatic rings. The molecule has 1 fully saturated rings. The maximum Gasteiger partial charge on any atom is 0.275 e. The van der Waals surface area contributed by atoms with Crippen molar-refractivity contribution in [3.63, 3.8) is 0 Å². The minimum Gasteiger partial charge on any atom is -0.338 e. The van der Waals surface area contributed by atoms with Crippen molar-refractivity contribution in [3.05, 3.63) is 53.6 Å². The normalized spacial score (nSPS) is 16.4. The van der Waals surface area contributed by atoms with Crippen molar-refractivity contribution in [1.29, 1.82) is 0 Å². The van der Waals surface area contributed by atoms with E-state index in [-0.39, 0.29) is 34.7 Å². The minimum atomic E-state index is -0.982. The first-order valence-corrected chi connectivity index (χ1v) is 12.1. The number of hydrogen-bond donors (Lipinski definition) is 0. The summed E-state index contributed by atoms with van der Waals surface area (Å²) in [5.41, 5.74) is 2.22. The molecule has 7 nitrogen and oxygen atoms in total. The Kier molecular flexibility index (Phi) is 6.19. The van der Waals surface area contributed by atoms with Gasteiger partial charge in [-0.3, -0.25) is 9.59 Å². The molecule has 1 aromatic carbocycles. The molecule has 35 heavy (non-hydrogen) atoms. The summed E-state index contributed by atoms with van der Waals surface area (Å²) in [4.78, 5) is 35.0. The van der Waals surface area contributed by atoms with Gasteiger partial charge < -0.3 is 9.80 Å². The Balaban J connectivity index is 1.69. The van der Waals surface area contributed by atoms with Crippen LogP contribution in [0.4, 0.5) is 4.39 Å². The number of fused-ring (bicyclic) bond motifs is 1. The quantitative estimate of drug-likeness (QED) is 0.541. The van der Waals surface area contributed by atoms with Crippen LogP contribution in [0.25, 0.3) is 16.9 Å². The zero-order valence-corrected chi connectivity index (χ0v) is 21.6. The van der Waals surface area contributed by atoms with E-state index in [4.69, 9.17) is 0 Å². The highest BCUT2D eigenvalue weighted by atomic mass is 19.1. The lowest BCUT2D eigenvalue weighted by molar-refractivity contribution is -0.147. The molecular weight excluding hydrogens is 445 g/mol. The average Bonchev–Trinajstić information content (AvgIpc) is 3.20. The van der Waals surface area contributed by atoms with Crippen molar-refractivity contribution < 1.29 is 14.0 Å². The van der Waals surface area contributed by atoms with Crippen LogP contribution in [-0.2, 0) is 4.79 Å². The van der Waals surface area contributed by atoms with E-state index in [1.165, 1.54) is 12.1 Å². The van der Waals surface area contributed by atoms with Gasteiger partial charge in [-0.2, -0.15) is 5.10 Å². The van der Waals surface area contributed by atoms with Gasteiger partial charge in [0.1, 0.15) is 17.1 Å². The lowest BCUT2D eigenvalue weighted by Crippen LogP contribution is -2.65. The van der Waals surface area contributed by atoms with E-state index in [0.717, 1.165) is 11.1 Å². The summed E-state index contributed by atoms with van der Waals surface area (Å²) in [6.45, 7) is 15.6. The molecule has 0 spiro atoms. The second-order valence-electron chi connectivity index (χ2n) is 11.3. The molecule has 1 aliphatic rings. The molecule has 4 rings (SSSR count). The zero-order chi connectivity index (χ0) is 25.7. The molecule has 0 bridgehead atoms. The van der Waals surface area contributed by atoms with Crippen LogP contribution in [0.1, 0.15) is 70.4 Å². The zero-order valence-electron chi connectivity index (χ0n) is 21.6. The van der Waals surface area contributed by atoms with Gasteiger partial charge in [-0.05, 0) is 55.5 Å². The largest absolute Gasteiger partial charge is 0.338 e. The fraction of sp³-hybridized carbons (Fsp3) is 0.481. The van der Waals surface area contributed by atoms with Gasteiger partial charge in [0.2, 0.25) is 5.91 Å². The topological polar surface area (TPSA) is 70.8 Å². The van der Waals surface area contributed by atoms with Crippen LogP contribution in [0.3, 0.4) is 0 Å². The van der Waals surface area contributed by atoms with Crippen LogP contribution in [0.15, 0.2) is 36.5 Å². The van der Waals surface area contributed by atoms with Gasteiger partial charge in [0.05, 0.1) is 11.9 Å². The van der Waals surface area contributed by atoms with Crippen molar-refractivity contribution in [2.24, 2.45) is 5.41 Å². The van der Waals surface area contributed by atoms with Crippen LogP contribution in [-0.4, -0.2) is 61.4 Å². The minimum absolute atomic E-state index is 0.0271. The highest BCUT2D eigenvalue weighted by Crippen LogP contribution is 2.29. The molecule has 186 valence electrons. The van der Waals surface area contributed by atoms with Gasteiger partial charge in [-0.25, -0.2) is 13.9 Å². The third kappa shape index (κ3) is 4.79.